The summed E-state index contributed by atoms with van der Waals surface area (Å²) in [7, 11) is 0. The summed E-state index contributed by atoms with van der Waals surface area (Å²) in [5, 5.41) is 0. The van der Waals surface area contributed by atoms with Gasteiger partial charge in [-0.25, -0.2) is 0 Å². The first-order valence-electron chi connectivity index (χ1n) is 7.76. The molecule has 1 aromatic carbocycles. The second kappa shape index (κ2) is 7.55. The van der Waals surface area contributed by atoms with Crippen molar-refractivity contribution < 1.29 is 4.79 Å². The highest BCUT2D eigenvalue weighted by Crippen LogP contribution is 2.24. The van der Waals surface area contributed by atoms with Crippen LogP contribution in [0.3, 0.4) is 0 Å². The maximum atomic E-state index is 12.8. The third-order valence-corrected chi connectivity index (χ3v) is 4.64. The molecule has 2 unspecified atom stereocenters. The van der Waals surface area contributed by atoms with Crippen molar-refractivity contribution in [1.29, 1.82) is 0 Å². The SMILES string of the molecule is CCC1CCCN(C(=O)C(C(N)=S)c2ccccc2)CC1. The second-order valence-corrected chi connectivity index (χ2v) is 6.25. The smallest absolute Gasteiger partial charge is 0.236 e. The molecule has 1 heterocycles. The molecule has 0 radical (unpaired) electrons. The number of hydrogen-bond acceptors (Lipinski definition) is 2. The van der Waals surface area contributed by atoms with Gasteiger partial charge in [-0.2, -0.15) is 0 Å². The Morgan fingerprint density at radius 3 is 2.67 bits per heavy atom. The molecule has 4 heteroatoms. The Hall–Kier alpha value is -1.42. The van der Waals surface area contributed by atoms with Gasteiger partial charge in [-0.05, 0) is 30.7 Å². The van der Waals surface area contributed by atoms with E-state index in [2.05, 4.69) is 6.92 Å². The molecule has 0 bridgehead atoms. The van der Waals surface area contributed by atoms with Crippen molar-refractivity contribution in [1.82, 2.24) is 4.90 Å². The summed E-state index contributed by atoms with van der Waals surface area (Å²) in [4.78, 5) is 15.1. The van der Waals surface area contributed by atoms with E-state index in [0.717, 1.165) is 37.4 Å². The number of amides is 1. The Kier molecular flexibility index (Phi) is 5.74. The molecular formula is C17H24N2OS. The molecule has 2 N–H and O–H groups in total. The van der Waals surface area contributed by atoms with Crippen molar-refractivity contribution in [2.24, 2.45) is 11.7 Å². The van der Waals surface area contributed by atoms with Crippen LogP contribution in [0.1, 0.15) is 44.1 Å². The molecular weight excluding hydrogens is 280 g/mol. The molecule has 2 rings (SSSR count). The number of nitrogens with two attached hydrogens (primary N) is 1. The fourth-order valence-electron chi connectivity index (χ4n) is 3.05. The maximum Gasteiger partial charge on any atom is 0.236 e. The van der Waals surface area contributed by atoms with E-state index in [1.165, 1.54) is 12.8 Å². The van der Waals surface area contributed by atoms with Gasteiger partial charge in [0.05, 0.1) is 4.99 Å². The minimum absolute atomic E-state index is 0.0606. The lowest BCUT2D eigenvalue weighted by molar-refractivity contribution is -0.131. The number of carbonyl (C=O) groups is 1. The van der Waals surface area contributed by atoms with E-state index in [1.807, 2.05) is 35.2 Å². The zero-order chi connectivity index (χ0) is 15.2. The van der Waals surface area contributed by atoms with Crippen LogP contribution in [0.2, 0.25) is 0 Å². The van der Waals surface area contributed by atoms with Crippen molar-refractivity contribution in [3.05, 3.63) is 35.9 Å². The lowest BCUT2D eigenvalue weighted by atomic mass is 9.97. The van der Waals surface area contributed by atoms with E-state index in [1.54, 1.807) is 0 Å². The topological polar surface area (TPSA) is 46.3 Å². The Morgan fingerprint density at radius 2 is 2.05 bits per heavy atom. The average Bonchev–Trinajstić information content (AvgIpc) is 2.73. The van der Waals surface area contributed by atoms with Crippen molar-refractivity contribution in [2.45, 2.75) is 38.5 Å². The molecule has 0 aromatic heterocycles. The Bertz CT molecular complexity index is 489. The quantitative estimate of drug-likeness (QED) is 0.870. The molecule has 0 saturated carbocycles. The third-order valence-electron chi connectivity index (χ3n) is 4.40. The van der Waals surface area contributed by atoms with Crippen LogP contribution in [-0.4, -0.2) is 28.9 Å². The third kappa shape index (κ3) is 4.03. The van der Waals surface area contributed by atoms with Crippen molar-refractivity contribution in [3.8, 4) is 0 Å². The van der Waals surface area contributed by atoms with Crippen LogP contribution in [0.25, 0.3) is 0 Å². The number of thiocarbonyl (C=S) groups is 1. The maximum absolute atomic E-state index is 12.8. The lowest BCUT2D eigenvalue weighted by Gasteiger charge is -2.26. The molecule has 1 amide bonds. The largest absolute Gasteiger partial charge is 0.392 e. The first-order valence-corrected chi connectivity index (χ1v) is 8.17. The highest BCUT2D eigenvalue weighted by atomic mass is 32.1. The van der Waals surface area contributed by atoms with Crippen LogP contribution in [0, 0.1) is 5.92 Å². The van der Waals surface area contributed by atoms with Gasteiger partial charge in [0.2, 0.25) is 5.91 Å². The number of benzene rings is 1. The van der Waals surface area contributed by atoms with Gasteiger partial charge in [-0.15, -0.1) is 0 Å². The number of nitrogens with zero attached hydrogens (tertiary/aromatic N) is 1. The normalized spacial score (nSPS) is 20.6. The molecule has 0 spiro atoms. The van der Waals surface area contributed by atoms with Crippen LogP contribution in [0.4, 0.5) is 0 Å². The Morgan fingerprint density at radius 1 is 1.33 bits per heavy atom. The van der Waals surface area contributed by atoms with Gasteiger partial charge in [-0.1, -0.05) is 55.9 Å². The van der Waals surface area contributed by atoms with Gasteiger partial charge in [-0.3, -0.25) is 4.79 Å². The predicted octanol–water partition coefficient (Wildman–Crippen LogP) is 3.10. The Balaban J connectivity index is 2.14. The van der Waals surface area contributed by atoms with E-state index >= 15 is 0 Å². The summed E-state index contributed by atoms with van der Waals surface area (Å²) in [6.45, 7) is 3.87. The number of likely N-dealkylation sites (tertiary alicyclic amines) is 1. The standard InChI is InChI=1S/C17H24N2OS/c1-2-13-7-6-11-19(12-10-13)17(20)15(16(18)21)14-8-4-3-5-9-14/h3-5,8-9,13,15H,2,6-7,10-12H2,1H3,(H2,18,21). The summed E-state index contributed by atoms with van der Waals surface area (Å²) in [6.07, 6.45) is 4.56. The average molecular weight is 304 g/mol. The molecule has 3 nitrogen and oxygen atoms in total. The molecule has 1 aliphatic rings. The van der Waals surface area contributed by atoms with Crippen LogP contribution >= 0.6 is 12.2 Å². The van der Waals surface area contributed by atoms with Crippen molar-refractivity contribution in [3.63, 3.8) is 0 Å². The zero-order valence-corrected chi connectivity index (χ0v) is 13.4. The number of hydrogen-bond donors (Lipinski definition) is 1. The molecule has 0 aliphatic carbocycles. The molecule has 2 atom stereocenters. The summed E-state index contributed by atoms with van der Waals surface area (Å²) in [5.41, 5.74) is 6.75. The highest BCUT2D eigenvalue weighted by Gasteiger charge is 2.29. The monoisotopic (exact) mass is 304 g/mol. The predicted molar refractivity (Wildman–Crippen MR) is 90.2 cm³/mol. The summed E-state index contributed by atoms with van der Waals surface area (Å²) >= 11 is 5.15. The molecule has 1 saturated heterocycles. The molecule has 1 aromatic rings. The van der Waals surface area contributed by atoms with Crippen LogP contribution < -0.4 is 5.73 Å². The van der Waals surface area contributed by atoms with Gasteiger partial charge in [0.25, 0.3) is 0 Å². The molecule has 114 valence electrons. The summed E-state index contributed by atoms with van der Waals surface area (Å²) < 4.78 is 0. The fraction of sp³-hybridized carbons (Fsp3) is 0.529. The first kappa shape index (κ1) is 16.0. The van der Waals surface area contributed by atoms with Crippen LogP contribution in [0.15, 0.2) is 30.3 Å². The van der Waals surface area contributed by atoms with E-state index in [0.29, 0.717) is 0 Å². The first-order chi connectivity index (χ1) is 10.1. The van der Waals surface area contributed by atoms with Crippen molar-refractivity contribution in [2.75, 3.05) is 13.1 Å². The van der Waals surface area contributed by atoms with Gasteiger partial charge in [0, 0.05) is 13.1 Å². The van der Waals surface area contributed by atoms with E-state index < -0.39 is 5.92 Å². The number of rotatable bonds is 4. The van der Waals surface area contributed by atoms with Gasteiger partial charge in [0.1, 0.15) is 5.92 Å². The molecule has 1 fully saturated rings. The lowest BCUT2D eigenvalue weighted by Crippen LogP contribution is -2.40. The highest BCUT2D eigenvalue weighted by molar-refractivity contribution is 7.80. The second-order valence-electron chi connectivity index (χ2n) is 5.78. The van der Waals surface area contributed by atoms with Gasteiger partial charge >= 0.3 is 0 Å². The fourth-order valence-corrected chi connectivity index (χ4v) is 3.29. The summed E-state index contributed by atoms with van der Waals surface area (Å²) in [6, 6.07) is 9.62. The van der Waals surface area contributed by atoms with Gasteiger partial charge in [0.15, 0.2) is 0 Å². The van der Waals surface area contributed by atoms with Crippen molar-refractivity contribution >= 4 is 23.1 Å². The van der Waals surface area contributed by atoms with E-state index in [-0.39, 0.29) is 10.9 Å². The summed E-state index contributed by atoms with van der Waals surface area (Å²) in [5.74, 6) is 0.313. The minimum Gasteiger partial charge on any atom is -0.392 e. The van der Waals surface area contributed by atoms with Gasteiger partial charge < -0.3 is 10.6 Å². The van der Waals surface area contributed by atoms with Crippen LogP contribution in [0.5, 0.6) is 0 Å². The zero-order valence-electron chi connectivity index (χ0n) is 12.6. The van der Waals surface area contributed by atoms with E-state index in [9.17, 15) is 4.79 Å². The van der Waals surface area contributed by atoms with Crippen LogP contribution in [-0.2, 0) is 4.79 Å². The molecule has 1 aliphatic heterocycles. The minimum atomic E-state index is -0.487. The molecule has 21 heavy (non-hydrogen) atoms. The number of carbonyl (C=O) groups excluding carboxylic acids is 1. The van der Waals surface area contributed by atoms with E-state index in [4.69, 9.17) is 18.0 Å². The Labute approximate surface area is 132 Å².